The Kier molecular flexibility index (Phi) is 2.76. The molecule has 0 amide bonds. The van der Waals surface area contributed by atoms with Gasteiger partial charge in [0.15, 0.2) is 5.41 Å². The van der Waals surface area contributed by atoms with Gasteiger partial charge in [0.05, 0.1) is 24.8 Å². The summed E-state index contributed by atoms with van der Waals surface area (Å²) >= 11 is 3.50. The SMILES string of the molecule is C[C@@H]1CO[C@]2(N=C(N)[C@@]3(C#N)[C@@H](c4ccccc4Br)[C@@]23C#N)O1. The molecule has 2 N–H and O–H groups in total. The van der Waals surface area contributed by atoms with E-state index >= 15 is 0 Å². The molecule has 116 valence electrons. The molecule has 5 atom stereocenters. The van der Waals surface area contributed by atoms with Gasteiger partial charge >= 0.3 is 0 Å². The van der Waals surface area contributed by atoms with Crippen LogP contribution >= 0.6 is 15.9 Å². The number of amidine groups is 1. The van der Waals surface area contributed by atoms with Crippen molar-refractivity contribution in [3.8, 4) is 12.1 Å². The highest BCUT2D eigenvalue weighted by Gasteiger charge is 2.94. The van der Waals surface area contributed by atoms with Gasteiger partial charge in [-0.3, -0.25) is 0 Å². The van der Waals surface area contributed by atoms with E-state index in [0.717, 1.165) is 10.0 Å². The molecular weight excluding hydrogens is 360 g/mol. The van der Waals surface area contributed by atoms with Crippen LogP contribution in [0.1, 0.15) is 18.4 Å². The van der Waals surface area contributed by atoms with E-state index in [1.54, 1.807) is 0 Å². The lowest BCUT2D eigenvalue weighted by Gasteiger charge is -2.26. The van der Waals surface area contributed by atoms with Crippen molar-refractivity contribution < 1.29 is 9.47 Å². The number of halogens is 1. The van der Waals surface area contributed by atoms with Crippen LogP contribution in [0, 0.1) is 33.5 Å². The van der Waals surface area contributed by atoms with Gasteiger partial charge in [-0.15, -0.1) is 0 Å². The first-order chi connectivity index (χ1) is 11.0. The summed E-state index contributed by atoms with van der Waals surface area (Å²) < 4.78 is 12.5. The highest BCUT2D eigenvalue weighted by atomic mass is 79.9. The molecule has 1 aromatic rings. The van der Waals surface area contributed by atoms with Crippen molar-refractivity contribution in [2.24, 2.45) is 21.6 Å². The summed E-state index contributed by atoms with van der Waals surface area (Å²) in [5.74, 6) is -1.85. The molecular formula is C16H13BrN4O2. The Labute approximate surface area is 141 Å². The van der Waals surface area contributed by atoms with Gasteiger partial charge in [-0.2, -0.15) is 10.5 Å². The second-order valence-corrected chi connectivity index (χ2v) is 6.97. The summed E-state index contributed by atoms with van der Waals surface area (Å²) in [4.78, 5) is 4.28. The summed E-state index contributed by atoms with van der Waals surface area (Å²) in [5, 5.41) is 19.9. The average molecular weight is 373 g/mol. The Bertz CT molecular complexity index is 828. The van der Waals surface area contributed by atoms with E-state index in [4.69, 9.17) is 15.2 Å². The van der Waals surface area contributed by atoms with Gasteiger partial charge in [-0.05, 0) is 18.6 Å². The third kappa shape index (κ3) is 1.37. The second kappa shape index (κ2) is 4.33. The summed E-state index contributed by atoms with van der Waals surface area (Å²) in [5.41, 5.74) is 4.44. The highest BCUT2D eigenvalue weighted by Crippen LogP contribution is 2.82. The molecule has 1 saturated heterocycles. The molecule has 0 radical (unpaired) electrons. The standard InChI is InChI=1S/C16H13BrN4O2/c1-9-6-22-16(23-9)15(8-19)12(10-4-2-3-5-11(10)17)14(15,7-18)13(20)21-16/h2-5,9,12H,6H2,1H3,(H2,20,21)/t9-,12-,14-,15-,16+/m1/s1. The first kappa shape index (κ1) is 14.6. The molecule has 4 rings (SSSR count). The van der Waals surface area contributed by atoms with Crippen LogP contribution in [-0.2, 0) is 9.47 Å². The Hall–Kier alpha value is -1.93. The van der Waals surface area contributed by atoms with Crippen LogP contribution in [-0.4, -0.2) is 24.5 Å². The second-order valence-electron chi connectivity index (χ2n) is 6.11. The maximum absolute atomic E-state index is 10.0. The number of benzene rings is 1. The van der Waals surface area contributed by atoms with Gasteiger partial charge in [-0.1, -0.05) is 34.1 Å². The predicted molar refractivity (Wildman–Crippen MR) is 83.8 cm³/mol. The number of nitrogens with two attached hydrogens (primary N) is 1. The first-order valence-electron chi connectivity index (χ1n) is 7.23. The van der Waals surface area contributed by atoms with Crippen molar-refractivity contribution in [1.82, 2.24) is 0 Å². The number of nitrogens with zero attached hydrogens (tertiary/aromatic N) is 3. The molecule has 23 heavy (non-hydrogen) atoms. The number of ether oxygens (including phenoxy) is 2. The Morgan fingerprint density at radius 2 is 2.09 bits per heavy atom. The van der Waals surface area contributed by atoms with Gasteiger partial charge in [0, 0.05) is 10.4 Å². The van der Waals surface area contributed by atoms with Crippen LogP contribution < -0.4 is 5.73 Å². The highest BCUT2D eigenvalue weighted by molar-refractivity contribution is 9.10. The molecule has 2 heterocycles. The van der Waals surface area contributed by atoms with E-state index in [2.05, 4.69) is 33.1 Å². The van der Waals surface area contributed by atoms with Crippen molar-refractivity contribution in [1.29, 1.82) is 10.5 Å². The lowest BCUT2D eigenvalue weighted by molar-refractivity contribution is -0.193. The summed E-state index contributed by atoms with van der Waals surface area (Å²) in [6.45, 7) is 2.15. The van der Waals surface area contributed by atoms with Crippen LogP contribution in [0.5, 0.6) is 0 Å². The molecule has 0 unspecified atom stereocenters. The first-order valence-corrected chi connectivity index (χ1v) is 8.03. The lowest BCUT2D eigenvalue weighted by Crippen LogP contribution is -2.39. The molecule has 1 spiro atoms. The number of aliphatic imine (C=N–C) groups is 1. The van der Waals surface area contributed by atoms with E-state index in [0.29, 0.717) is 6.61 Å². The van der Waals surface area contributed by atoms with E-state index in [1.165, 1.54) is 0 Å². The van der Waals surface area contributed by atoms with Crippen LogP contribution in [0.15, 0.2) is 33.7 Å². The van der Waals surface area contributed by atoms with Crippen molar-refractivity contribution in [2.75, 3.05) is 6.61 Å². The monoisotopic (exact) mass is 372 g/mol. The van der Waals surface area contributed by atoms with Crippen molar-refractivity contribution in [2.45, 2.75) is 24.9 Å². The quantitative estimate of drug-likeness (QED) is 0.811. The molecule has 2 aliphatic heterocycles. The number of rotatable bonds is 1. The Morgan fingerprint density at radius 3 is 2.65 bits per heavy atom. The molecule has 0 aromatic heterocycles. The third-order valence-electron chi connectivity index (χ3n) is 5.02. The zero-order valence-corrected chi connectivity index (χ0v) is 13.9. The minimum absolute atomic E-state index is 0.108. The van der Waals surface area contributed by atoms with E-state index in [-0.39, 0.29) is 11.9 Å². The Morgan fingerprint density at radius 1 is 1.35 bits per heavy atom. The van der Waals surface area contributed by atoms with Crippen LogP contribution in [0.4, 0.5) is 0 Å². The minimum Gasteiger partial charge on any atom is -0.386 e. The molecule has 2 fully saturated rings. The van der Waals surface area contributed by atoms with Gasteiger partial charge < -0.3 is 15.2 Å². The van der Waals surface area contributed by atoms with E-state index in [1.807, 2.05) is 31.2 Å². The summed E-state index contributed by atoms with van der Waals surface area (Å²) in [7, 11) is 0. The average Bonchev–Trinajstić information content (AvgIpc) is 2.91. The maximum Gasteiger partial charge on any atom is 0.293 e. The molecule has 7 heteroatoms. The number of hydrogen-bond acceptors (Lipinski definition) is 6. The fourth-order valence-electron chi connectivity index (χ4n) is 4.04. The fraction of sp³-hybridized carbons (Fsp3) is 0.438. The third-order valence-corrected chi connectivity index (χ3v) is 5.74. The number of hydrogen-bond donors (Lipinski definition) is 1. The van der Waals surface area contributed by atoms with Crippen molar-refractivity contribution in [3.05, 3.63) is 34.3 Å². The Balaban J connectivity index is 1.95. The van der Waals surface area contributed by atoms with Gasteiger partial charge in [0.25, 0.3) is 5.91 Å². The molecule has 0 bridgehead atoms. The predicted octanol–water partition coefficient (Wildman–Crippen LogP) is 2.03. The van der Waals surface area contributed by atoms with Crippen molar-refractivity contribution >= 4 is 21.8 Å². The van der Waals surface area contributed by atoms with Crippen LogP contribution in [0.2, 0.25) is 0 Å². The topological polar surface area (TPSA) is 104 Å². The zero-order chi connectivity index (χ0) is 16.5. The van der Waals surface area contributed by atoms with Crippen molar-refractivity contribution in [3.63, 3.8) is 0 Å². The summed E-state index contributed by atoms with van der Waals surface area (Å²) in [6.07, 6.45) is -0.216. The zero-order valence-electron chi connectivity index (χ0n) is 12.3. The number of fused-ring (bicyclic) bond motifs is 2. The van der Waals surface area contributed by atoms with Crippen LogP contribution in [0.25, 0.3) is 0 Å². The van der Waals surface area contributed by atoms with Gasteiger partial charge in [0.1, 0.15) is 11.3 Å². The van der Waals surface area contributed by atoms with Gasteiger partial charge in [-0.25, -0.2) is 4.99 Å². The molecule has 6 nitrogen and oxygen atoms in total. The van der Waals surface area contributed by atoms with E-state index in [9.17, 15) is 10.5 Å². The lowest BCUT2D eigenvalue weighted by atomic mass is 9.94. The maximum atomic E-state index is 10.0. The smallest absolute Gasteiger partial charge is 0.293 e. The van der Waals surface area contributed by atoms with Crippen LogP contribution in [0.3, 0.4) is 0 Å². The molecule has 1 saturated carbocycles. The van der Waals surface area contributed by atoms with Gasteiger partial charge in [0.2, 0.25) is 0 Å². The number of nitriles is 2. The summed E-state index contributed by atoms with van der Waals surface area (Å²) in [6, 6.07) is 12.0. The largest absolute Gasteiger partial charge is 0.386 e. The molecule has 1 aliphatic carbocycles. The minimum atomic E-state index is -1.50. The fourth-order valence-corrected chi connectivity index (χ4v) is 4.55. The van der Waals surface area contributed by atoms with E-state index < -0.39 is 22.7 Å². The normalized spacial score (nSPS) is 43.6. The molecule has 3 aliphatic rings. The molecule has 1 aromatic carbocycles.